The first kappa shape index (κ1) is 29.5. The molecule has 4 aromatic carbocycles. The van der Waals surface area contributed by atoms with Crippen molar-refractivity contribution in [3.8, 4) is 28.1 Å². The molecule has 46 heavy (non-hydrogen) atoms. The lowest BCUT2D eigenvalue weighted by molar-refractivity contribution is 0.480. The Bertz CT molecular complexity index is 2090. The summed E-state index contributed by atoms with van der Waals surface area (Å²) in [5.41, 5.74) is 11.5. The maximum absolute atomic E-state index is 11.0. The molecule has 0 aliphatic carbocycles. The second kappa shape index (κ2) is 10.7. The van der Waals surface area contributed by atoms with Gasteiger partial charge in [-0.2, -0.15) is 0 Å². The number of rotatable bonds is 4. The molecule has 3 heterocycles. The number of aromatic hydroxyl groups is 1. The minimum atomic E-state index is -0.230. The Labute approximate surface area is 271 Å². The summed E-state index contributed by atoms with van der Waals surface area (Å²) in [5, 5.41) is 11.9. The van der Waals surface area contributed by atoms with Gasteiger partial charge in [0.15, 0.2) is 0 Å². The molecule has 0 unspecified atom stereocenters. The van der Waals surface area contributed by atoms with E-state index in [0.717, 1.165) is 50.7 Å². The van der Waals surface area contributed by atoms with Crippen molar-refractivity contribution in [3.05, 3.63) is 126 Å². The lowest BCUT2D eigenvalue weighted by Crippen LogP contribution is -2.31. The van der Waals surface area contributed by atoms with Gasteiger partial charge in [-0.05, 0) is 87.8 Å². The summed E-state index contributed by atoms with van der Waals surface area (Å²) in [6.07, 6.45) is 1.84. The minimum absolute atomic E-state index is 0.0823. The summed E-state index contributed by atoms with van der Waals surface area (Å²) in [6, 6.07) is 35.9. The summed E-state index contributed by atoms with van der Waals surface area (Å²) in [6.45, 7) is 11.2. The lowest BCUT2D eigenvalue weighted by atomic mass is 9.73. The Morgan fingerprint density at radius 3 is 2.11 bits per heavy atom. The highest BCUT2D eigenvalue weighted by atomic mass is 16.3. The van der Waals surface area contributed by atoms with E-state index in [-0.39, 0.29) is 16.6 Å². The van der Waals surface area contributed by atoms with E-state index in [9.17, 15) is 5.11 Å². The number of pyridine rings is 2. The van der Waals surface area contributed by atoms with Gasteiger partial charge < -0.3 is 10.0 Å². The molecular formula is C41H40N4O. The van der Waals surface area contributed by atoms with Crippen molar-refractivity contribution in [2.45, 2.75) is 45.4 Å². The number of aromatic nitrogens is 2. The molecule has 0 spiro atoms. The molecule has 0 radical (unpaired) electrons. The molecule has 2 aromatic heterocycles. The molecule has 0 bridgehead atoms. The molecule has 5 nitrogen and oxygen atoms in total. The zero-order chi connectivity index (χ0) is 32.4. The quantitative estimate of drug-likeness (QED) is 0.217. The molecule has 0 atom stereocenters. The fourth-order valence-electron chi connectivity index (χ4n) is 6.69. The van der Waals surface area contributed by atoms with Gasteiger partial charge in [0, 0.05) is 42.3 Å². The normalized spacial score (nSPS) is 13.8. The zero-order valence-corrected chi connectivity index (χ0v) is 27.6. The number of fused-ring (bicyclic) bond motifs is 3. The van der Waals surface area contributed by atoms with Crippen molar-refractivity contribution in [2.24, 2.45) is 0 Å². The maximum atomic E-state index is 11.0. The van der Waals surface area contributed by atoms with Crippen molar-refractivity contribution >= 4 is 33.8 Å². The van der Waals surface area contributed by atoms with Crippen LogP contribution in [0.5, 0.6) is 5.75 Å². The molecule has 1 N–H and O–H groups in total. The van der Waals surface area contributed by atoms with Crippen molar-refractivity contribution in [3.63, 3.8) is 0 Å². The van der Waals surface area contributed by atoms with E-state index in [1.807, 2.05) is 24.4 Å². The predicted molar refractivity (Wildman–Crippen MR) is 192 cm³/mol. The van der Waals surface area contributed by atoms with Gasteiger partial charge in [-0.1, -0.05) is 83.1 Å². The van der Waals surface area contributed by atoms with Crippen LogP contribution in [0.3, 0.4) is 0 Å². The second-order valence-corrected chi connectivity index (χ2v) is 14.0. The highest BCUT2D eigenvalue weighted by Crippen LogP contribution is 2.53. The van der Waals surface area contributed by atoms with Crippen LogP contribution in [0.2, 0.25) is 0 Å². The van der Waals surface area contributed by atoms with E-state index < -0.39 is 0 Å². The summed E-state index contributed by atoms with van der Waals surface area (Å²) < 4.78 is 0. The zero-order valence-electron chi connectivity index (χ0n) is 27.6. The summed E-state index contributed by atoms with van der Waals surface area (Å²) in [7, 11) is 4.14. The summed E-state index contributed by atoms with van der Waals surface area (Å²) in [4.78, 5) is 14.3. The molecular weight excluding hydrogens is 564 g/mol. The number of hydrogen-bond donors (Lipinski definition) is 1. The largest absolute Gasteiger partial charge is 0.506 e. The number of nitrogens with zero attached hydrogens (tertiary/aromatic N) is 4. The van der Waals surface area contributed by atoms with Gasteiger partial charge in [0.25, 0.3) is 0 Å². The minimum Gasteiger partial charge on any atom is -0.506 e. The fraction of sp³-hybridized carbons (Fsp3) is 0.220. The second-order valence-electron chi connectivity index (χ2n) is 14.0. The smallest absolute Gasteiger partial charge is 0.141 e. The topological polar surface area (TPSA) is 52.5 Å². The van der Waals surface area contributed by atoms with Gasteiger partial charge in [-0.15, -0.1) is 0 Å². The van der Waals surface area contributed by atoms with E-state index in [2.05, 4.69) is 137 Å². The predicted octanol–water partition coefficient (Wildman–Crippen LogP) is 10.1. The summed E-state index contributed by atoms with van der Waals surface area (Å²) in [5.74, 6) is 1.03. The molecule has 0 saturated carbocycles. The first-order valence-electron chi connectivity index (χ1n) is 15.8. The molecule has 230 valence electrons. The van der Waals surface area contributed by atoms with Crippen molar-refractivity contribution in [1.29, 1.82) is 0 Å². The third-order valence-electron chi connectivity index (χ3n) is 9.40. The number of phenolic OH excluding ortho intramolecular Hbond substituents is 1. The van der Waals surface area contributed by atoms with Crippen molar-refractivity contribution in [2.75, 3.05) is 23.9 Å². The van der Waals surface area contributed by atoms with E-state index >= 15 is 0 Å². The monoisotopic (exact) mass is 604 g/mol. The molecule has 0 amide bonds. The van der Waals surface area contributed by atoms with Gasteiger partial charge in [0.1, 0.15) is 17.1 Å². The molecule has 0 fully saturated rings. The van der Waals surface area contributed by atoms with E-state index in [1.54, 1.807) is 6.07 Å². The van der Waals surface area contributed by atoms with E-state index in [0.29, 0.717) is 5.52 Å². The first-order valence-corrected chi connectivity index (χ1v) is 15.8. The van der Waals surface area contributed by atoms with E-state index in [1.165, 1.54) is 16.7 Å². The fourth-order valence-corrected chi connectivity index (χ4v) is 6.69. The number of hydrogen-bond acceptors (Lipinski definition) is 5. The van der Waals surface area contributed by atoms with Crippen LogP contribution in [0.1, 0.15) is 51.3 Å². The van der Waals surface area contributed by atoms with Crippen LogP contribution in [-0.4, -0.2) is 29.2 Å². The molecule has 1 aliphatic rings. The molecule has 5 heteroatoms. The average molecular weight is 605 g/mol. The Balaban J connectivity index is 1.37. The van der Waals surface area contributed by atoms with Gasteiger partial charge in [-0.3, -0.25) is 4.90 Å². The number of anilines is 4. The van der Waals surface area contributed by atoms with Crippen LogP contribution in [-0.2, 0) is 10.8 Å². The Hall–Kier alpha value is -5.16. The van der Waals surface area contributed by atoms with Crippen LogP contribution < -0.4 is 9.80 Å². The maximum Gasteiger partial charge on any atom is 0.141 e. The first-order chi connectivity index (χ1) is 21.9. The number of benzene rings is 4. The molecule has 0 saturated heterocycles. The molecule has 6 aromatic rings. The standard InChI is InChI=1S/C41H40N4O/c1-40(2,3)28-14-11-26(12-15-28)30-18-22-37(46)39-31(30)17-21-34(43-39)27-13-19-32-35(24-27)45(38-10-8-9-23-42-38)36-25-29(44(6)7)16-20-33(36)41(32,4)5/h8-25,46H,1-7H3. The highest BCUT2D eigenvalue weighted by molar-refractivity contribution is 5.99. The average Bonchev–Trinajstić information content (AvgIpc) is 3.04. The lowest BCUT2D eigenvalue weighted by Gasteiger charge is -2.42. The SMILES string of the molecule is CN(C)c1ccc2c(c1)N(c1ccccn1)c1cc(-c3ccc4c(-c5ccc(C(C)(C)C)cc5)ccc(O)c4n3)ccc1C2(C)C. The molecule has 1 aliphatic heterocycles. The van der Waals surface area contributed by atoms with Crippen LogP contribution in [0.4, 0.5) is 22.9 Å². The summed E-state index contributed by atoms with van der Waals surface area (Å²) >= 11 is 0. The van der Waals surface area contributed by atoms with E-state index in [4.69, 9.17) is 9.97 Å². The van der Waals surface area contributed by atoms with Crippen LogP contribution in [0.25, 0.3) is 33.3 Å². The van der Waals surface area contributed by atoms with Gasteiger partial charge in [0.2, 0.25) is 0 Å². The third-order valence-corrected chi connectivity index (χ3v) is 9.40. The van der Waals surface area contributed by atoms with Crippen molar-refractivity contribution in [1.82, 2.24) is 9.97 Å². The number of phenols is 1. The Morgan fingerprint density at radius 2 is 1.43 bits per heavy atom. The van der Waals surface area contributed by atoms with Crippen molar-refractivity contribution < 1.29 is 5.11 Å². The van der Waals surface area contributed by atoms with Crippen LogP contribution >= 0.6 is 0 Å². The van der Waals surface area contributed by atoms with Gasteiger partial charge >= 0.3 is 0 Å². The van der Waals surface area contributed by atoms with Gasteiger partial charge in [0.05, 0.1) is 17.1 Å². The highest BCUT2D eigenvalue weighted by Gasteiger charge is 2.38. The Morgan fingerprint density at radius 1 is 0.739 bits per heavy atom. The van der Waals surface area contributed by atoms with Crippen LogP contribution in [0, 0.1) is 0 Å². The van der Waals surface area contributed by atoms with Crippen LogP contribution in [0.15, 0.2) is 109 Å². The van der Waals surface area contributed by atoms with Gasteiger partial charge in [-0.25, -0.2) is 9.97 Å². The third kappa shape index (κ3) is 4.87. The Kier molecular flexibility index (Phi) is 6.89. The molecule has 7 rings (SSSR count).